The van der Waals surface area contributed by atoms with Crippen molar-refractivity contribution in [2.24, 2.45) is 5.73 Å². The molecule has 1 aliphatic heterocycles. The number of primary amides is 1. The van der Waals surface area contributed by atoms with Crippen LogP contribution in [0.1, 0.15) is 22.9 Å². The fraction of sp³-hybridized carbons (Fsp3) is 0.350. The maximum atomic E-state index is 12.7. The van der Waals surface area contributed by atoms with Gasteiger partial charge in [0.2, 0.25) is 11.8 Å². The largest absolute Gasteiger partial charge is 0.352 e. The Balaban J connectivity index is 1.51. The number of nitrogens with zero attached hydrogens (tertiary/aromatic N) is 2. The summed E-state index contributed by atoms with van der Waals surface area (Å²) in [4.78, 5) is 40.9. The van der Waals surface area contributed by atoms with Crippen LogP contribution in [0.2, 0.25) is 5.02 Å². The van der Waals surface area contributed by atoms with E-state index < -0.39 is 12.1 Å². The molecule has 1 atom stereocenters. The summed E-state index contributed by atoms with van der Waals surface area (Å²) >= 11 is 7.34. The molecule has 1 fully saturated rings. The molecule has 1 saturated heterocycles. The molecule has 3 N–H and O–H groups in total. The van der Waals surface area contributed by atoms with E-state index in [2.05, 4.69) is 5.32 Å². The lowest BCUT2D eigenvalue weighted by atomic mass is 10.1. The van der Waals surface area contributed by atoms with Crippen molar-refractivity contribution in [2.75, 3.05) is 26.2 Å². The molecular formula is C20H23ClN4O3S. The van der Waals surface area contributed by atoms with Crippen molar-refractivity contribution in [1.29, 1.82) is 0 Å². The average molecular weight is 435 g/mol. The third-order valence-corrected chi connectivity index (χ3v) is 6.07. The minimum Gasteiger partial charge on any atom is -0.352 e. The van der Waals surface area contributed by atoms with Crippen LogP contribution in [-0.4, -0.2) is 53.8 Å². The molecule has 2 aromatic rings. The van der Waals surface area contributed by atoms with Crippen LogP contribution in [0.25, 0.3) is 0 Å². The van der Waals surface area contributed by atoms with Gasteiger partial charge < -0.3 is 20.9 Å². The first-order valence-electron chi connectivity index (χ1n) is 9.31. The minimum absolute atomic E-state index is 0.0336. The number of urea groups is 1. The third kappa shape index (κ3) is 5.95. The predicted molar refractivity (Wildman–Crippen MR) is 113 cm³/mol. The van der Waals surface area contributed by atoms with Gasteiger partial charge in [-0.2, -0.15) is 0 Å². The zero-order valence-corrected chi connectivity index (χ0v) is 17.4. The number of amides is 4. The molecule has 1 aromatic heterocycles. The van der Waals surface area contributed by atoms with E-state index in [4.69, 9.17) is 17.3 Å². The Labute approximate surface area is 178 Å². The number of hydrogen-bond acceptors (Lipinski definition) is 4. The van der Waals surface area contributed by atoms with Crippen molar-refractivity contribution in [2.45, 2.75) is 18.9 Å². The summed E-state index contributed by atoms with van der Waals surface area (Å²) in [6, 6.07) is 9.86. The number of thiophene rings is 1. The second kappa shape index (κ2) is 9.76. The average Bonchev–Trinajstić information content (AvgIpc) is 3.24. The molecule has 4 amide bonds. The van der Waals surface area contributed by atoms with Crippen LogP contribution < -0.4 is 11.1 Å². The van der Waals surface area contributed by atoms with E-state index in [-0.39, 0.29) is 18.2 Å². The number of hydrogen-bond donors (Lipinski definition) is 2. The minimum atomic E-state index is -0.659. The van der Waals surface area contributed by atoms with Gasteiger partial charge in [0, 0.05) is 36.1 Å². The number of carbonyl (C=O) groups excluding carboxylic acids is 3. The summed E-state index contributed by atoms with van der Waals surface area (Å²) in [6.07, 6.45) is 0.455. The molecule has 0 radical (unpaired) electrons. The summed E-state index contributed by atoms with van der Waals surface area (Å²) in [6.45, 7) is 1.92. The molecule has 0 spiro atoms. The molecule has 3 rings (SSSR count). The Kier molecular flexibility index (Phi) is 7.11. The van der Waals surface area contributed by atoms with Crippen LogP contribution >= 0.6 is 22.9 Å². The molecule has 2 heterocycles. The van der Waals surface area contributed by atoms with Crippen LogP contribution in [-0.2, 0) is 16.0 Å². The molecule has 0 aliphatic carbocycles. The number of carbonyl (C=O) groups is 3. The van der Waals surface area contributed by atoms with Gasteiger partial charge in [-0.1, -0.05) is 29.8 Å². The lowest BCUT2D eigenvalue weighted by Crippen LogP contribution is -2.51. The highest BCUT2D eigenvalue weighted by molar-refractivity contribution is 7.10. The molecule has 1 unspecified atom stereocenters. The Morgan fingerprint density at radius 2 is 1.66 bits per heavy atom. The Morgan fingerprint density at radius 3 is 2.21 bits per heavy atom. The van der Waals surface area contributed by atoms with Crippen LogP contribution in [0, 0.1) is 0 Å². The molecule has 9 heteroatoms. The quantitative estimate of drug-likeness (QED) is 0.730. The standard InChI is InChI=1S/C20H23ClN4O3S/c21-15-5-3-14(4-6-15)12-18(26)24-7-9-25(10-8-24)19(27)13-16(23-20(22)28)17-2-1-11-29-17/h1-6,11,16H,7-10,12-13H2,(H3,22,23,28). The molecule has 1 aromatic carbocycles. The molecule has 154 valence electrons. The van der Waals surface area contributed by atoms with Gasteiger partial charge in [0.15, 0.2) is 0 Å². The number of benzene rings is 1. The maximum absolute atomic E-state index is 12.7. The van der Waals surface area contributed by atoms with Gasteiger partial charge in [-0.3, -0.25) is 9.59 Å². The van der Waals surface area contributed by atoms with Crippen LogP contribution in [0.3, 0.4) is 0 Å². The maximum Gasteiger partial charge on any atom is 0.312 e. The number of rotatable bonds is 6. The van der Waals surface area contributed by atoms with Gasteiger partial charge in [-0.15, -0.1) is 11.3 Å². The zero-order valence-electron chi connectivity index (χ0n) is 15.8. The molecular weight excluding hydrogens is 412 g/mol. The number of nitrogens with two attached hydrogens (primary N) is 1. The smallest absolute Gasteiger partial charge is 0.312 e. The highest BCUT2D eigenvalue weighted by Crippen LogP contribution is 2.23. The lowest BCUT2D eigenvalue weighted by Gasteiger charge is -2.35. The first-order chi connectivity index (χ1) is 13.9. The SMILES string of the molecule is NC(=O)NC(CC(=O)N1CCN(C(=O)Cc2ccc(Cl)cc2)CC1)c1cccs1. The van der Waals surface area contributed by atoms with Crippen LogP contribution in [0.4, 0.5) is 4.79 Å². The highest BCUT2D eigenvalue weighted by atomic mass is 35.5. The first kappa shape index (κ1) is 21.1. The second-order valence-electron chi connectivity index (χ2n) is 6.85. The van der Waals surface area contributed by atoms with E-state index in [1.54, 1.807) is 21.9 Å². The number of piperazine rings is 1. The van der Waals surface area contributed by atoms with Crippen LogP contribution in [0.5, 0.6) is 0 Å². The fourth-order valence-corrected chi connectivity index (χ4v) is 4.19. The van der Waals surface area contributed by atoms with E-state index in [1.807, 2.05) is 29.6 Å². The topological polar surface area (TPSA) is 95.7 Å². The van der Waals surface area contributed by atoms with Crippen molar-refractivity contribution in [1.82, 2.24) is 15.1 Å². The van der Waals surface area contributed by atoms with Gasteiger partial charge in [0.25, 0.3) is 0 Å². The summed E-state index contributed by atoms with van der Waals surface area (Å²) in [5, 5.41) is 5.17. The summed E-state index contributed by atoms with van der Waals surface area (Å²) < 4.78 is 0. The van der Waals surface area contributed by atoms with Crippen molar-refractivity contribution < 1.29 is 14.4 Å². The van der Waals surface area contributed by atoms with Gasteiger partial charge >= 0.3 is 6.03 Å². The van der Waals surface area contributed by atoms with E-state index in [9.17, 15) is 14.4 Å². The second-order valence-corrected chi connectivity index (χ2v) is 8.26. The fourth-order valence-electron chi connectivity index (χ4n) is 3.28. The molecule has 1 aliphatic rings. The normalized spacial score (nSPS) is 15.1. The van der Waals surface area contributed by atoms with Crippen molar-refractivity contribution in [3.8, 4) is 0 Å². The van der Waals surface area contributed by atoms with Crippen molar-refractivity contribution in [3.05, 3.63) is 57.2 Å². The number of nitrogens with one attached hydrogen (secondary N) is 1. The number of halogens is 1. The Morgan fingerprint density at radius 1 is 1.03 bits per heavy atom. The van der Waals surface area contributed by atoms with Gasteiger partial charge in [0.05, 0.1) is 18.9 Å². The van der Waals surface area contributed by atoms with Gasteiger partial charge in [-0.05, 0) is 29.1 Å². The van der Waals surface area contributed by atoms with E-state index in [0.29, 0.717) is 37.6 Å². The van der Waals surface area contributed by atoms with E-state index in [1.165, 1.54) is 11.3 Å². The summed E-state index contributed by atoms with van der Waals surface area (Å²) in [7, 11) is 0. The lowest BCUT2D eigenvalue weighted by molar-refractivity contribution is -0.139. The van der Waals surface area contributed by atoms with Crippen LogP contribution in [0.15, 0.2) is 41.8 Å². The first-order valence-corrected chi connectivity index (χ1v) is 10.6. The van der Waals surface area contributed by atoms with Crippen molar-refractivity contribution in [3.63, 3.8) is 0 Å². The summed E-state index contributed by atoms with van der Waals surface area (Å²) in [5.41, 5.74) is 6.17. The molecule has 0 bridgehead atoms. The zero-order chi connectivity index (χ0) is 20.8. The van der Waals surface area contributed by atoms with Crippen molar-refractivity contribution >= 4 is 40.8 Å². The van der Waals surface area contributed by atoms with Gasteiger partial charge in [0.1, 0.15) is 0 Å². The molecule has 7 nitrogen and oxygen atoms in total. The van der Waals surface area contributed by atoms with E-state index >= 15 is 0 Å². The Hall–Kier alpha value is -2.58. The van der Waals surface area contributed by atoms with Gasteiger partial charge in [-0.25, -0.2) is 4.79 Å². The predicted octanol–water partition coefficient (Wildman–Crippen LogP) is 2.41. The molecule has 0 saturated carbocycles. The monoisotopic (exact) mass is 434 g/mol. The third-order valence-electron chi connectivity index (χ3n) is 4.84. The van der Waals surface area contributed by atoms with E-state index in [0.717, 1.165) is 10.4 Å². The highest BCUT2D eigenvalue weighted by Gasteiger charge is 2.27. The Bertz CT molecular complexity index is 849. The summed E-state index contributed by atoms with van der Waals surface area (Å²) in [5.74, 6) is -0.0340. The molecule has 29 heavy (non-hydrogen) atoms.